The fourth-order valence-electron chi connectivity index (χ4n) is 6.73. The maximum absolute atomic E-state index is 13.6. The topological polar surface area (TPSA) is 243 Å². The molecule has 1 unspecified atom stereocenters. The lowest BCUT2D eigenvalue weighted by Gasteiger charge is -2.34. The Labute approximate surface area is 347 Å². The van der Waals surface area contributed by atoms with Crippen molar-refractivity contribution in [3.63, 3.8) is 0 Å². The zero-order valence-electron chi connectivity index (χ0n) is 34.1. The average Bonchev–Trinajstić information content (AvgIpc) is 3.84. The zero-order chi connectivity index (χ0) is 45.8. The minimum atomic E-state index is -6.01. The molecule has 2 amide bonds. The first kappa shape index (κ1) is 47.3. The number of rotatable bonds is 18. The second-order valence-corrected chi connectivity index (χ2v) is 16.8. The fourth-order valence-corrected chi connectivity index (χ4v) is 7.23. The van der Waals surface area contributed by atoms with Gasteiger partial charge in [0.05, 0.1) is 63.6 Å². The molecule has 24 heteroatoms. The lowest BCUT2D eigenvalue weighted by Crippen LogP contribution is -2.39. The minimum absolute atomic E-state index is 0.00773. The van der Waals surface area contributed by atoms with E-state index in [1.165, 1.54) is 27.5 Å². The van der Waals surface area contributed by atoms with Gasteiger partial charge < -0.3 is 37.5 Å². The Morgan fingerprint density at radius 3 is 1.67 bits per heavy atom. The number of hydrogen-bond acceptors (Lipinski definition) is 16. The molecule has 2 aromatic carbocycles. The highest BCUT2D eigenvalue weighted by Gasteiger charge is 2.49. The van der Waals surface area contributed by atoms with Gasteiger partial charge in [-0.1, -0.05) is 27.7 Å². The van der Waals surface area contributed by atoms with Crippen molar-refractivity contribution >= 4 is 39.3 Å². The van der Waals surface area contributed by atoms with Crippen LogP contribution in [-0.4, -0.2) is 106 Å². The summed E-state index contributed by atoms with van der Waals surface area (Å²) in [7, 11) is -1.05. The van der Waals surface area contributed by atoms with Crippen molar-refractivity contribution in [3.8, 4) is 23.0 Å². The molecular formula is C37H43F3N4O16S. The van der Waals surface area contributed by atoms with Crippen molar-refractivity contribution in [1.29, 1.82) is 0 Å². The molecular weight excluding hydrogens is 845 g/mol. The minimum Gasteiger partial charge on any atom is -0.499 e. The predicted molar refractivity (Wildman–Crippen MR) is 204 cm³/mol. The van der Waals surface area contributed by atoms with Crippen LogP contribution in [0.1, 0.15) is 67.7 Å². The summed E-state index contributed by atoms with van der Waals surface area (Å²) in [4.78, 5) is 63.8. The number of amides is 2. The van der Waals surface area contributed by atoms with Crippen LogP contribution in [-0.2, 0) is 28.6 Å². The molecule has 2 heterocycles. The summed E-state index contributed by atoms with van der Waals surface area (Å²) in [5, 5.41) is 24.3. The van der Waals surface area contributed by atoms with E-state index in [0.29, 0.717) is 12.6 Å². The normalized spacial score (nSPS) is 15.7. The number of hydrogen-bond donors (Lipinski definition) is 0. The second-order valence-electron chi connectivity index (χ2n) is 15.2. The Bertz CT molecular complexity index is 2260. The van der Waals surface area contributed by atoms with Gasteiger partial charge in [-0.15, -0.1) is 0 Å². The number of ether oxygens (including phenoxy) is 6. The molecule has 0 radical (unpaired) electrons. The summed E-state index contributed by atoms with van der Waals surface area (Å²) in [6.45, 7) is 6.85. The molecule has 0 aromatic heterocycles. The molecule has 0 saturated carbocycles. The van der Waals surface area contributed by atoms with E-state index in [1.807, 2.05) is 27.7 Å². The van der Waals surface area contributed by atoms with E-state index in [9.17, 15) is 56.2 Å². The van der Waals surface area contributed by atoms with E-state index in [0.717, 1.165) is 41.2 Å². The molecule has 2 aliphatic heterocycles. The third-order valence-electron chi connectivity index (χ3n) is 9.26. The Hall–Kier alpha value is -6.33. The molecule has 1 atom stereocenters. The van der Waals surface area contributed by atoms with Crippen molar-refractivity contribution in [2.24, 2.45) is 10.8 Å². The Morgan fingerprint density at radius 2 is 1.25 bits per heavy atom. The lowest BCUT2D eigenvalue weighted by atomic mass is 9.76. The summed E-state index contributed by atoms with van der Waals surface area (Å²) in [6.07, 6.45) is 1.90. The number of halogens is 3. The monoisotopic (exact) mass is 888 g/mol. The molecule has 4 rings (SSSR count). The van der Waals surface area contributed by atoms with Gasteiger partial charge in [-0.25, -0.2) is 4.79 Å². The van der Waals surface area contributed by atoms with E-state index in [2.05, 4.69) is 4.18 Å². The van der Waals surface area contributed by atoms with Gasteiger partial charge in [0.2, 0.25) is 0 Å². The fraction of sp³-hybridized carbons (Fsp3) is 0.486. The van der Waals surface area contributed by atoms with Crippen molar-refractivity contribution in [2.75, 3.05) is 48.2 Å². The quantitative estimate of drug-likeness (QED) is 0.0560. The number of benzene rings is 2. The first-order valence-corrected chi connectivity index (χ1v) is 19.4. The Balaban J connectivity index is 1.50. The highest BCUT2D eigenvalue weighted by Crippen LogP contribution is 2.42. The molecule has 0 bridgehead atoms. The van der Waals surface area contributed by atoms with E-state index in [1.54, 1.807) is 0 Å². The number of methoxy groups -OCH3 is 4. The van der Waals surface area contributed by atoms with Crippen LogP contribution in [0, 0.1) is 31.1 Å². The standard InChI is InChI=1S/C37H43F3N4O16S/c1-35(2,19-58-30-14-25(43(48)49)23(12-28(30)55-6)32(45)41-10-9-21(16-41)60-61(52,53)37(38,39)40)18-36(3,4)20-59-31-15-26(44(50)51)24(13-29(31)56-7)33(46)42-17-22(54-5)11-27(42)34(47)57-8/h12-17,27H,9-11,18-20H2,1-8H3. The second kappa shape index (κ2) is 18.1. The maximum atomic E-state index is 13.6. The molecule has 2 aliphatic rings. The summed E-state index contributed by atoms with van der Waals surface area (Å²) in [5.41, 5.74) is -9.41. The molecule has 0 saturated heterocycles. The van der Waals surface area contributed by atoms with Gasteiger partial charge in [0.15, 0.2) is 23.0 Å². The molecule has 20 nitrogen and oxygen atoms in total. The molecule has 334 valence electrons. The number of carbonyl (C=O) groups excluding carboxylic acids is 3. The van der Waals surface area contributed by atoms with E-state index in [-0.39, 0.29) is 54.9 Å². The summed E-state index contributed by atoms with van der Waals surface area (Å²) in [6, 6.07) is 3.01. The van der Waals surface area contributed by atoms with Crippen molar-refractivity contribution in [1.82, 2.24) is 9.80 Å². The number of alkyl halides is 3. The first-order valence-electron chi connectivity index (χ1n) is 17.9. The van der Waals surface area contributed by atoms with Crippen LogP contribution in [0.25, 0.3) is 0 Å². The van der Waals surface area contributed by atoms with E-state index in [4.69, 9.17) is 28.4 Å². The molecule has 61 heavy (non-hydrogen) atoms. The van der Waals surface area contributed by atoms with Crippen LogP contribution in [0.5, 0.6) is 23.0 Å². The van der Waals surface area contributed by atoms with Gasteiger partial charge in [0, 0.05) is 43.9 Å². The maximum Gasteiger partial charge on any atom is 0.534 e. The van der Waals surface area contributed by atoms with Crippen LogP contribution < -0.4 is 18.9 Å². The number of nitro groups is 2. The zero-order valence-corrected chi connectivity index (χ0v) is 35.0. The van der Waals surface area contributed by atoms with Gasteiger partial charge in [0.1, 0.15) is 28.7 Å². The smallest absolute Gasteiger partial charge is 0.499 e. The number of esters is 1. The SMILES string of the molecule is COC(=O)C1CC(OC)=CN1C(=O)c1cc(OC)c(OCC(C)(C)CC(C)(C)COc2cc([N+](=O)[O-])c(C(=O)N3C=C(OS(=O)(=O)C(F)(F)F)CC3)cc2OC)cc1[N+](=O)[O-]. The van der Waals surface area contributed by atoms with E-state index < -0.39 is 94.8 Å². The lowest BCUT2D eigenvalue weighted by molar-refractivity contribution is -0.385. The molecule has 0 spiro atoms. The molecule has 2 aromatic rings. The first-order chi connectivity index (χ1) is 28.3. The summed E-state index contributed by atoms with van der Waals surface area (Å²) < 4.78 is 98.1. The van der Waals surface area contributed by atoms with Crippen molar-refractivity contribution in [3.05, 3.63) is 79.5 Å². The molecule has 0 N–H and O–H groups in total. The van der Waals surface area contributed by atoms with Crippen LogP contribution in [0.4, 0.5) is 24.5 Å². The van der Waals surface area contributed by atoms with E-state index >= 15 is 0 Å². The van der Waals surface area contributed by atoms with Gasteiger partial charge in [-0.3, -0.25) is 34.7 Å². The Morgan fingerprint density at radius 1 is 0.754 bits per heavy atom. The number of carbonyl (C=O) groups is 3. The van der Waals surface area contributed by atoms with Crippen LogP contribution in [0.3, 0.4) is 0 Å². The van der Waals surface area contributed by atoms with Gasteiger partial charge in [0.25, 0.3) is 23.2 Å². The highest BCUT2D eigenvalue weighted by molar-refractivity contribution is 7.87. The number of nitrogens with zero attached hydrogens (tertiary/aromatic N) is 4. The van der Waals surface area contributed by atoms with Crippen LogP contribution in [0.2, 0.25) is 0 Å². The van der Waals surface area contributed by atoms with Gasteiger partial charge in [-0.05, 0) is 17.3 Å². The van der Waals surface area contributed by atoms with Crippen LogP contribution >= 0.6 is 0 Å². The molecule has 0 aliphatic carbocycles. The average molecular weight is 889 g/mol. The van der Waals surface area contributed by atoms with Gasteiger partial charge in [-0.2, -0.15) is 21.6 Å². The summed E-state index contributed by atoms with van der Waals surface area (Å²) >= 11 is 0. The third-order valence-corrected chi connectivity index (χ3v) is 10.3. The number of nitro benzene ring substituents is 2. The summed E-state index contributed by atoms with van der Waals surface area (Å²) in [5.74, 6) is -3.43. The largest absolute Gasteiger partial charge is 0.534 e. The van der Waals surface area contributed by atoms with Crippen LogP contribution in [0.15, 0.2) is 48.2 Å². The highest BCUT2D eigenvalue weighted by atomic mass is 32.2. The Kier molecular flexibility index (Phi) is 14.1. The van der Waals surface area contributed by atoms with Crippen molar-refractivity contribution in [2.45, 2.75) is 58.5 Å². The van der Waals surface area contributed by atoms with Gasteiger partial charge >= 0.3 is 21.6 Å². The van der Waals surface area contributed by atoms with Crippen molar-refractivity contribution < 1.29 is 78.4 Å². The predicted octanol–water partition coefficient (Wildman–Crippen LogP) is 5.85. The third kappa shape index (κ3) is 10.9. The molecule has 0 fully saturated rings.